The monoisotopic (exact) mass is 210 g/mol. The minimum absolute atomic E-state index is 0.154. The third-order valence-electron chi connectivity index (χ3n) is 1.98. The van der Waals surface area contributed by atoms with E-state index in [0.29, 0.717) is 18.9 Å². The normalized spacial score (nSPS) is 10.8. The molecule has 0 aromatic carbocycles. The fourth-order valence-corrected chi connectivity index (χ4v) is 1.19. The van der Waals surface area contributed by atoms with Gasteiger partial charge in [-0.3, -0.25) is 4.79 Å². The lowest BCUT2D eigenvalue weighted by Gasteiger charge is -2.16. The average molecular weight is 210 g/mol. The zero-order valence-electron chi connectivity index (χ0n) is 8.77. The summed E-state index contributed by atoms with van der Waals surface area (Å²) in [5.74, 6) is 5.34. The maximum atomic E-state index is 11.8. The van der Waals surface area contributed by atoms with E-state index in [0.717, 1.165) is 0 Å². The number of hydrogen-bond donors (Lipinski definition) is 2. The molecule has 7 nitrogen and oxygen atoms in total. The van der Waals surface area contributed by atoms with Gasteiger partial charge in [-0.2, -0.15) is 0 Å². The molecule has 0 fully saturated rings. The molecule has 1 rings (SSSR count). The van der Waals surface area contributed by atoms with Gasteiger partial charge >= 0.3 is 0 Å². The van der Waals surface area contributed by atoms with Crippen molar-refractivity contribution in [1.82, 2.24) is 14.9 Å². The van der Waals surface area contributed by atoms with Crippen molar-refractivity contribution in [3.8, 4) is 0 Å². The molecule has 0 saturated carbocycles. The van der Waals surface area contributed by atoms with E-state index in [9.17, 15) is 4.79 Å². The molecule has 1 aromatic heterocycles. The van der Waals surface area contributed by atoms with Gasteiger partial charge in [-0.15, -0.1) is 5.11 Å². The molecule has 0 atom stereocenters. The second-order valence-corrected chi connectivity index (χ2v) is 2.81. The first-order valence-corrected chi connectivity index (χ1v) is 4.68. The van der Waals surface area contributed by atoms with Gasteiger partial charge in [0.2, 0.25) is 0 Å². The molecule has 1 amide bonds. The highest BCUT2D eigenvalue weighted by Gasteiger charge is 2.15. The van der Waals surface area contributed by atoms with E-state index in [1.54, 1.807) is 4.90 Å². The van der Waals surface area contributed by atoms with E-state index >= 15 is 0 Å². The van der Waals surface area contributed by atoms with Gasteiger partial charge in [-0.25, -0.2) is 4.98 Å². The van der Waals surface area contributed by atoms with Gasteiger partial charge in [0, 0.05) is 13.1 Å². The van der Waals surface area contributed by atoms with Crippen LogP contribution >= 0.6 is 0 Å². The molecule has 0 spiro atoms. The average Bonchev–Trinajstić information content (AvgIpc) is 2.68. The smallest absolute Gasteiger partial charge is 0.289 e. The number of aromatic nitrogens is 2. The Balaban J connectivity index is 2.81. The van der Waals surface area contributed by atoms with Crippen LogP contribution in [0.5, 0.6) is 0 Å². The predicted molar refractivity (Wildman–Crippen MR) is 54.5 cm³/mol. The van der Waals surface area contributed by atoms with Crippen LogP contribution in [-0.2, 0) is 0 Å². The minimum atomic E-state index is -0.154. The van der Waals surface area contributed by atoms with Crippen LogP contribution in [0.4, 0.5) is 5.82 Å². The van der Waals surface area contributed by atoms with E-state index in [1.807, 2.05) is 13.8 Å². The van der Waals surface area contributed by atoms with Crippen molar-refractivity contribution in [3.05, 3.63) is 12.0 Å². The van der Waals surface area contributed by atoms with Gasteiger partial charge in [0.15, 0.2) is 11.6 Å². The predicted octanol–water partition coefficient (Wildman–Crippen LogP) is 0.849. The van der Waals surface area contributed by atoms with Crippen LogP contribution < -0.4 is 5.84 Å². The first kappa shape index (κ1) is 11.2. The Hall–Kier alpha value is -1.92. The summed E-state index contributed by atoms with van der Waals surface area (Å²) < 4.78 is 0. The maximum absolute atomic E-state index is 11.8. The van der Waals surface area contributed by atoms with Gasteiger partial charge in [-0.1, -0.05) is 5.22 Å². The van der Waals surface area contributed by atoms with E-state index < -0.39 is 0 Å². The molecule has 0 aliphatic carbocycles. The zero-order chi connectivity index (χ0) is 11.3. The van der Waals surface area contributed by atoms with Crippen LogP contribution in [0.3, 0.4) is 0 Å². The summed E-state index contributed by atoms with van der Waals surface area (Å²) in [6.45, 7) is 5.10. The van der Waals surface area contributed by atoms with Gasteiger partial charge in [0.25, 0.3) is 5.91 Å². The van der Waals surface area contributed by atoms with Crippen LogP contribution in [0.25, 0.3) is 0 Å². The summed E-state index contributed by atoms with van der Waals surface area (Å²) in [5, 5.41) is 6.63. The molecular weight excluding hydrogens is 196 g/mol. The first-order valence-electron chi connectivity index (χ1n) is 4.68. The number of hydrogen-bond acceptors (Lipinski definition) is 4. The van der Waals surface area contributed by atoms with E-state index in [-0.39, 0.29) is 11.7 Å². The number of rotatable bonds is 4. The summed E-state index contributed by atoms with van der Waals surface area (Å²) in [6.07, 6.45) is 1.41. The molecular formula is C8H14N6O. The van der Waals surface area contributed by atoms with Crippen LogP contribution in [0, 0.1) is 0 Å². The van der Waals surface area contributed by atoms with Gasteiger partial charge in [0.05, 0.1) is 6.20 Å². The largest absolute Gasteiger partial charge is 0.337 e. The molecule has 0 unspecified atom stereocenters. The van der Waals surface area contributed by atoms with Crippen LogP contribution in [0.1, 0.15) is 24.5 Å². The van der Waals surface area contributed by atoms with Gasteiger partial charge in [-0.05, 0) is 13.8 Å². The summed E-state index contributed by atoms with van der Waals surface area (Å²) in [7, 11) is 0. The van der Waals surface area contributed by atoms with Gasteiger partial charge < -0.3 is 15.7 Å². The highest BCUT2D eigenvalue weighted by Crippen LogP contribution is 2.09. The number of nitrogens with one attached hydrogen (secondary N) is 1. The lowest BCUT2D eigenvalue weighted by Crippen LogP contribution is -2.31. The van der Waals surface area contributed by atoms with E-state index in [2.05, 4.69) is 20.3 Å². The molecule has 0 radical (unpaired) electrons. The van der Waals surface area contributed by atoms with Crippen molar-refractivity contribution in [2.75, 3.05) is 13.1 Å². The number of carbonyl (C=O) groups is 1. The Morgan fingerprint density at radius 3 is 2.80 bits per heavy atom. The Labute approximate surface area is 87.4 Å². The van der Waals surface area contributed by atoms with Crippen molar-refractivity contribution in [2.24, 2.45) is 16.2 Å². The molecule has 0 aliphatic rings. The number of nitrogens with two attached hydrogens (primary N) is 1. The third kappa shape index (κ3) is 2.52. The Morgan fingerprint density at radius 2 is 2.27 bits per heavy atom. The fourth-order valence-electron chi connectivity index (χ4n) is 1.19. The summed E-state index contributed by atoms with van der Waals surface area (Å²) in [6, 6.07) is 0. The number of imidazole rings is 1. The minimum Gasteiger partial charge on any atom is -0.337 e. The van der Waals surface area contributed by atoms with Crippen LogP contribution in [0.15, 0.2) is 16.5 Å². The first-order chi connectivity index (χ1) is 7.22. The second-order valence-electron chi connectivity index (χ2n) is 2.81. The third-order valence-corrected chi connectivity index (χ3v) is 1.98. The van der Waals surface area contributed by atoms with E-state index in [1.165, 1.54) is 6.20 Å². The fraction of sp³-hybridized carbons (Fsp3) is 0.500. The maximum Gasteiger partial charge on any atom is 0.289 e. The Bertz CT molecular complexity index is 354. The molecule has 1 heterocycles. The topological polar surface area (TPSA) is 99.7 Å². The quantitative estimate of drug-likeness (QED) is 0.437. The molecule has 0 aliphatic heterocycles. The molecule has 0 saturated heterocycles. The SMILES string of the molecule is CCN(CC)C(=O)c1ncc(N=NN)[nH]1. The van der Waals surface area contributed by atoms with Crippen molar-refractivity contribution in [1.29, 1.82) is 0 Å². The van der Waals surface area contributed by atoms with Gasteiger partial charge in [0.1, 0.15) is 0 Å². The standard InChI is InChI=1S/C8H14N6O/c1-3-14(4-2)8(15)7-10-5-6(11-7)12-13-9/h5H,3-4H2,1-2H3,(H2,9,12)(H,10,11). The molecule has 7 heteroatoms. The molecule has 15 heavy (non-hydrogen) atoms. The Kier molecular flexibility index (Phi) is 3.78. The zero-order valence-corrected chi connectivity index (χ0v) is 8.77. The number of amides is 1. The summed E-state index contributed by atoms with van der Waals surface area (Å²) >= 11 is 0. The highest BCUT2D eigenvalue weighted by atomic mass is 16.2. The molecule has 82 valence electrons. The summed E-state index contributed by atoms with van der Waals surface area (Å²) in [4.78, 5) is 20.0. The van der Waals surface area contributed by atoms with Crippen molar-refractivity contribution >= 4 is 11.7 Å². The second kappa shape index (κ2) is 5.08. The Morgan fingerprint density at radius 1 is 1.60 bits per heavy atom. The van der Waals surface area contributed by atoms with Crippen molar-refractivity contribution in [2.45, 2.75) is 13.8 Å². The number of carbonyl (C=O) groups excluding carboxylic acids is 1. The molecule has 1 aromatic rings. The summed E-state index contributed by atoms with van der Waals surface area (Å²) in [5.41, 5.74) is 0. The van der Waals surface area contributed by atoms with Crippen molar-refractivity contribution in [3.63, 3.8) is 0 Å². The lowest BCUT2D eigenvalue weighted by molar-refractivity contribution is 0.0762. The number of H-pyrrole nitrogens is 1. The van der Waals surface area contributed by atoms with Crippen LogP contribution in [-0.4, -0.2) is 33.9 Å². The lowest BCUT2D eigenvalue weighted by atomic mass is 10.4. The highest BCUT2D eigenvalue weighted by molar-refractivity contribution is 5.90. The molecule has 3 N–H and O–H groups in total. The molecule has 0 bridgehead atoms. The van der Waals surface area contributed by atoms with E-state index in [4.69, 9.17) is 5.84 Å². The van der Waals surface area contributed by atoms with Crippen molar-refractivity contribution < 1.29 is 4.79 Å². The van der Waals surface area contributed by atoms with Crippen LogP contribution in [0.2, 0.25) is 0 Å². The number of aromatic amines is 1. The number of nitrogens with zero attached hydrogens (tertiary/aromatic N) is 4.